The molecule has 0 saturated carbocycles. The molecule has 0 radical (unpaired) electrons. The highest BCUT2D eigenvalue weighted by Crippen LogP contribution is 2.32. The van der Waals surface area contributed by atoms with Crippen molar-refractivity contribution in [3.05, 3.63) is 0 Å². The number of hydrogen-bond donors (Lipinski definition) is 1. The van der Waals surface area contributed by atoms with Crippen molar-refractivity contribution in [3.63, 3.8) is 0 Å². The van der Waals surface area contributed by atoms with Crippen molar-refractivity contribution in [3.8, 4) is 0 Å². The SMILES string of the molecule is CCCCC(CC)COCC(CS)(CCC)CCC. The van der Waals surface area contributed by atoms with Gasteiger partial charge >= 0.3 is 0 Å². The van der Waals surface area contributed by atoms with Crippen LogP contribution in [0.2, 0.25) is 0 Å². The summed E-state index contributed by atoms with van der Waals surface area (Å²) in [7, 11) is 0. The fraction of sp³-hybridized carbons (Fsp3) is 1.00. The molecule has 2 heteroatoms. The van der Waals surface area contributed by atoms with Gasteiger partial charge in [-0.1, -0.05) is 59.8 Å². The van der Waals surface area contributed by atoms with Crippen LogP contribution >= 0.6 is 12.6 Å². The Bertz CT molecular complexity index is 188. The maximum Gasteiger partial charge on any atom is 0.0530 e. The number of ether oxygens (including phenoxy) is 1. The maximum absolute atomic E-state index is 6.10. The summed E-state index contributed by atoms with van der Waals surface area (Å²) in [5.41, 5.74) is 0.315. The van der Waals surface area contributed by atoms with Crippen molar-refractivity contribution in [2.24, 2.45) is 11.3 Å². The van der Waals surface area contributed by atoms with Gasteiger partial charge in [0.15, 0.2) is 0 Å². The number of hydrogen-bond acceptors (Lipinski definition) is 2. The highest BCUT2D eigenvalue weighted by atomic mass is 32.1. The highest BCUT2D eigenvalue weighted by molar-refractivity contribution is 7.80. The van der Waals surface area contributed by atoms with Gasteiger partial charge in [0.05, 0.1) is 6.61 Å². The van der Waals surface area contributed by atoms with E-state index in [-0.39, 0.29) is 0 Å². The van der Waals surface area contributed by atoms with Crippen molar-refractivity contribution < 1.29 is 4.74 Å². The molecule has 0 saturated heterocycles. The second kappa shape index (κ2) is 12.1. The fourth-order valence-electron chi connectivity index (χ4n) is 2.87. The summed E-state index contributed by atoms with van der Waals surface area (Å²) in [6, 6.07) is 0. The minimum atomic E-state index is 0.315. The van der Waals surface area contributed by atoms with Crippen LogP contribution in [-0.2, 0) is 4.74 Å². The van der Waals surface area contributed by atoms with Gasteiger partial charge < -0.3 is 4.74 Å². The first kappa shape index (κ1) is 19.3. The first-order valence-electron chi connectivity index (χ1n) is 8.36. The van der Waals surface area contributed by atoms with E-state index in [9.17, 15) is 0 Å². The van der Waals surface area contributed by atoms with Gasteiger partial charge in [0, 0.05) is 12.0 Å². The summed E-state index contributed by atoms with van der Waals surface area (Å²) in [5, 5.41) is 0. The van der Waals surface area contributed by atoms with E-state index in [0.29, 0.717) is 5.41 Å². The molecule has 0 N–H and O–H groups in total. The Kier molecular flexibility index (Phi) is 12.3. The third kappa shape index (κ3) is 8.24. The Balaban J connectivity index is 4.14. The van der Waals surface area contributed by atoms with E-state index < -0.39 is 0 Å². The molecule has 1 atom stereocenters. The second-order valence-electron chi connectivity index (χ2n) is 6.09. The Morgan fingerprint density at radius 1 is 1.00 bits per heavy atom. The lowest BCUT2D eigenvalue weighted by molar-refractivity contribution is 0.0233. The summed E-state index contributed by atoms with van der Waals surface area (Å²) in [4.78, 5) is 0. The molecule has 1 unspecified atom stereocenters. The third-order valence-electron chi connectivity index (χ3n) is 4.20. The Morgan fingerprint density at radius 2 is 1.63 bits per heavy atom. The Labute approximate surface area is 127 Å². The van der Waals surface area contributed by atoms with Crippen LogP contribution in [0.25, 0.3) is 0 Å². The van der Waals surface area contributed by atoms with Crippen molar-refractivity contribution in [2.45, 2.75) is 79.1 Å². The van der Waals surface area contributed by atoms with Crippen LogP contribution in [-0.4, -0.2) is 19.0 Å². The summed E-state index contributed by atoms with van der Waals surface area (Å²) >= 11 is 4.59. The number of rotatable bonds is 13. The van der Waals surface area contributed by atoms with Gasteiger partial charge in [-0.2, -0.15) is 12.6 Å². The molecule has 0 heterocycles. The van der Waals surface area contributed by atoms with Crippen molar-refractivity contribution in [2.75, 3.05) is 19.0 Å². The standard InChI is InChI=1S/C17H36OS/c1-5-9-10-16(8-4)13-18-14-17(15-19,11-6-2)12-7-3/h16,19H,5-15H2,1-4H3. The molecule has 1 nitrogen and oxygen atoms in total. The summed E-state index contributed by atoms with van der Waals surface area (Å²) < 4.78 is 6.10. The molecule has 0 fully saturated rings. The minimum absolute atomic E-state index is 0.315. The number of thiol groups is 1. The number of unbranched alkanes of at least 4 members (excludes halogenated alkanes) is 1. The second-order valence-corrected chi connectivity index (χ2v) is 6.41. The zero-order valence-corrected chi connectivity index (χ0v) is 14.6. The molecule has 0 amide bonds. The van der Waals surface area contributed by atoms with E-state index in [1.165, 1.54) is 51.4 Å². The van der Waals surface area contributed by atoms with Crippen LogP contribution in [0.3, 0.4) is 0 Å². The van der Waals surface area contributed by atoms with Gasteiger partial charge in [0.1, 0.15) is 0 Å². The largest absolute Gasteiger partial charge is 0.381 e. The Morgan fingerprint density at radius 3 is 2.05 bits per heavy atom. The van der Waals surface area contributed by atoms with Gasteiger partial charge in [-0.05, 0) is 30.9 Å². The van der Waals surface area contributed by atoms with Crippen molar-refractivity contribution >= 4 is 12.6 Å². The Hall–Kier alpha value is 0.310. The topological polar surface area (TPSA) is 9.23 Å². The van der Waals surface area contributed by atoms with E-state index in [2.05, 4.69) is 40.3 Å². The lowest BCUT2D eigenvalue weighted by atomic mass is 9.82. The fourth-order valence-corrected chi connectivity index (χ4v) is 3.28. The van der Waals surface area contributed by atoms with Crippen LogP contribution in [0.4, 0.5) is 0 Å². The molecule has 0 aromatic heterocycles. The zero-order valence-electron chi connectivity index (χ0n) is 13.7. The molecule has 19 heavy (non-hydrogen) atoms. The molecular weight excluding hydrogens is 252 g/mol. The molecule has 0 spiro atoms. The molecule has 0 rings (SSSR count). The monoisotopic (exact) mass is 288 g/mol. The normalized spacial score (nSPS) is 13.7. The van der Waals surface area contributed by atoms with Crippen LogP contribution < -0.4 is 0 Å². The molecule has 0 aliphatic heterocycles. The predicted octanol–water partition coefficient (Wildman–Crippen LogP) is 5.74. The molecule has 0 aromatic rings. The van der Waals surface area contributed by atoms with Crippen LogP contribution in [0.15, 0.2) is 0 Å². The average molecular weight is 289 g/mol. The highest BCUT2D eigenvalue weighted by Gasteiger charge is 2.27. The lowest BCUT2D eigenvalue weighted by Crippen LogP contribution is -2.30. The van der Waals surface area contributed by atoms with Gasteiger partial charge in [0.25, 0.3) is 0 Å². The first-order valence-corrected chi connectivity index (χ1v) is 8.99. The van der Waals surface area contributed by atoms with Crippen molar-refractivity contribution in [1.82, 2.24) is 0 Å². The van der Waals surface area contributed by atoms with E-state index in [1.54, 1.807) is 0 Å². The molecule has 0 bridgehead atoms. The van der Waals surface area contributed by atoms with Crippen molar-refractivity contribution in [1.29, 1.82) is 0 Å². The quantitative estimate of drug-likeness (QED) is 0.425. The van der Waals surface area contributed by atoms with Crippen LogP contribution in [0, 0.1) is 11.3 Å². The van der Waals surface area contributed by atoms with E-state index in [0.717, 1.165) is 24.9 Å². The van der Waals surface area contributed by atoms with Gasteiger partial charge in [-0.15, -0.1) is 0 Å². The molecule has 0 aliphatic carbocycles. The first-order chi connectivity index (χ1) is 9.17. The van der Waals surface area contributed by atoms with Gasteiger partial charge in [-0.3, -0.25) is 0 Å². The summed E-state index contributed by atoms with van der Waals surface area (Å²) in [6.07, 6.45) is 10.2. The van der Waals surface area contributed by atoms with Gasteiger partial charge in [-0.25, -0.2) is 0 Å². The summed E-state index contributed by atoms with van der Waals surface area (Å²) in [5.74, 6) is 1.71. The molecule has 116 valence electrons. The molecule has 0 aromatic carbocycles. The van der Waals surface area contributed by atoms with Crippen LogP contribution in [0.5, 0.6) is 0 Å². The van der Waals surface area contributed by atoms with Gasteiger partial charge in [0.2, 0.25) is 0 Å². The minimum Gasteiger partial charge on any atom is -0.381 e. The van der Waals surface area contributed by atoms with Crippen LogP contribution in [0.1, 0.15) is 79.1 Å². The lowest BCUT2D eigenvalue weighted by Gasteiger charge is -2.32. The van der Waals surface area contributed by atoms with E-state index >= 15 is 0 Å². The summed E-state index contributed by atoms with van der Waals surface area (Å²) in [6.45, 7) is 10.9. The average Bonchev–Trinajstić information content (AvgIpc) is 2.42. The van der Waals surface area contributed by atoms with E-state index in [4.69, 9.17) is 4.74 Å². The predicted molar refractivity (Wildman–Crippen MR) is 90.2 cm³/mol. The maximum atomic E-state index is 6.10. The smallest absolute Gasteiger partial charge is 0.0530 e. The van der Waals surface area contributed by atoms with E-state index in [1.807, 2.05) is 0 Å². The molecule has 0 aliphatic rings. The zero-order chi connectivity index (χ0) is 14.6. The third-order valence-corrected chi connectivity index (χ3v) is 4.87. The molecular formula is C17H36OS.